The molecule has 0 atom stereocenters. The van der Waals surface area contributed by atoms with E-state index in [1.54, 1.807) is 13.0 Å². The van der Waals surface area contributed by atoms with Gasteiger partial charge in [0, 0.05) is 0 Å². The van der Waals surface area contributed by atoms with Crippen molar-refractivity contribution in [2.45, 2.75) is 6.92 Å². The molecule has 0 saturated carbocycles. The fraction of sp³-hybridized carbons (Fsp3) is 0.111. The van der Waals surface area contributed by atoms with Gasteiger partial charge in [-0.05, 0) is 13.0 Å². The van der Waals surface area contributed by atoms with E-state index in [1.807, 2.05) is 0 Å². The summed E-state index contributed by atoms with van der Waals surface area (Å²) in [4.78, 5) is 7.93. The summed E-state index contributed by atoms with van der Waals surface area (Å²) >= 11 is 0. The van der Waals surface area contributed by atoms with Crippen LogP contribution in [0.1, 0.15) is 18.3 Å². The van der Waals surface area contributed by atoms with E-state index in [0.717, 1.165) is 6.34 Å². The first-order chi connectivity index (χ1) is 8.22. The van der Waals surface area contributed by atoms with Gasteiger partial charge in [-0.1, -0.05) is 0 Å². The topological polar surface area (TPSA) is 127 Å². The predicted molar refractivity (Wildman–Crippen MR) is 67.2 cm³/mol. The van der Waals surface area contributed by atoms with Crippen LogP contribution in [0.5, 0.6) is 0 Å². The van der Waals surface area contributed by atoms with Gasteiger partial charge in [-0.25, -0.2) is 9.97 Å². The Bertz CT molecular complexity index is 470. The molecule has 0 spiro atoms. The van der Waals surface area contributed by atoms with Crippen LogP contribution in [0.4, 0.5) is 0 Å². The van der Waals surface area contributed by atoms with Crippen LogP contribution in [0.25, 0.3) is 0 Å². The van der Waals surface area contributed by atoms with Crippen molar-refractivity contribution in [1.29, 1.82) is 0 Å². The number of hydrogen-bond acceptors (Lipinski definition) is 6. The summed E-state index contributed by atoms with van der Waals surface area (Å²) in [5.74, 6) is 0.370. The molecule has 8 heteroatoms. The quantitative estimate of drug-likeness (QED) is 0.412. The van der Waals surface area contributed by atoms with Gasteiger partial charge >= 0.3 is 0 Å². The van der Waals surface area contributed by atoms with Gasteiger partial charge in [0.1, 0.15) is 18.5 Å². The zero-order chi connectivity index (χ0) is 12.5. The maximum Gasteiger partial charge on any atom is 0.119 e. The van der Waals surface area contributed by atoms with Crippen molar-refractivity contribution in [2.75, 3.05) is 0 Å². The number of hydrogen-bond donors (Lipinski definition) is 2. The van der Waals surface area contributed by atoms with Gasteiger partial charge in [-0.15, -0.1) is 10.2 Å². The molecule has 0 unspecified atom stereocenters. The van der Waals surface area contributed by atoms with Crippen molar-refractivity contribution in [1.82, 2.24) is 9.97 Å². The highest BCUT2D eigenvalue weighted by atomic mass is 15.2. The minimum atomic E-state index is 0.370. The maximum absolute atomic E-state index is 5.32. The van der Waals surface area contributed by atoms with E-state index in [0.29, 0.717) is 17.2 Å². The van der Waals surface area contributed by atoms with Crippen LogP contribution in [-0.2, 0) is 0 Å². The Kier molecular flexibility index (Phi) is 4.95. The standard InChI is InChI=1S/C9H12N8/c1-7(11)17-15-4-9-2-8(12-6-13-9)3-14-16-5-10/h2-6H,1H3,(H2,10,16)(H2,11,17)/b14-3+,15-4+. The average Bonchev–Trinajstić information content (AvgIpc) is 2.29. The van der Waals surface area contributed by atoms with Crippen molar-refractivity contribution in [2.24, 2.45) is 31.9 Å². The van der Waals surface area contributed by atoms with Crippen LogP contribution in [0.2, 0.25) is 0 Å². The molecule has 0 saturated heterocycles. The summed E-state index contributed by atoms with van der Waals surface area (Å²) in [5, 5.41) is 14.5. The molecule has 8 nitrogen and oxygen atoms in total. The lowest BCUT2D eigenvalue weighted by molar-refractivity contribution is 1.13. The van der Waals surface area contributed by atoms with Crippen LogP contribution in [-0.4, -0.2) is 34.6 Å². The SMILES string of the molecule is C/C(N)=N/N=C/c1cc(/C=N/N=C\N)ncn1. The second-order valence-electron chi connectivity index (χ2n) is 2.86. The van der Waals surface area contributed by atoms with Gasteiger partial charge < -0.3 is 11.5 Å². The van der Waals surface area contributed by atoms with E-state index >= 15 is 0 Å². The van der Waals surface area contributed by atoms with E-state index in [-0.39, 0.29) is 0 Å². The number of nitrogens with zero attached hydrogens (tertiary/aromatic N) is 6. The Balaban J connectivity index is 2.79. The van der Waals surface area contributed by atoms with Gasteiger partial charge in [0.05, 0.1) is 23.8 Å². The van der Waals surface area contributed by atoms with Crippen molar-refractivity contribution in [3.63, 3.8) is 0 Å². The summed E-state index contributed by atoms with van der Waals surface area (Å²) in [6.07, 6.45) is 5.37. The van der Waals surface area contributed by atoms with Crippen LogP contribution in [0.15, 0.2) is 32.8 Å². The van der Waals surface area contributed by atoms with Gasteiger partial charge in [-0.3, -0.25) is 0 Å². The minimum Gasteiger partial charge on any atom is -0.388 e. The molecule has 0 bridgehead atoms. The largest absolute Gasteiger partial charge is 0.388 e. The Morgan fingerprint density at radius 1 is 1.18 bits per heavy atom. The summed E-state index contributed by atoms with van der Waals surface area (Å²) in [7, 11) is 0. The van der Waals surface area contributed by atoms with Gasteiger partial charge in [-0.2, -0.15) is 10.2 Å². The highest BCUT2D eigenvalue weighted by Crippen LogP contribution is 1.93. The van der Waals surface area contributed by atoms with Crippen LogP contribution >= 0.6 is 0 Å². The lowest BCUT2D eigenvalue weighted by atomic mass is 10.3. The molecule has 0 aliphatic rings. The fourth-order valence-corrected chi connectivity index (χ4v) is 0.840. The number of amidine groups is 1. The molecule has 88 valence electrons. The zero-order valence-corrected chi connectivity index (χ0v) is 9.22. The Labute approximate surface area is 97.9 Å². The summed E-state index contributed by atoms with van der Waals surface area (Å²) in [6.45, 7) is 1.64. The molecule has 0 aliphatic heterocycles. The first kappa shape index (κ1) is 12.4. The summed E-state index contributed by atoms with van der Waals surface area (Å²) in [5.41, 5.74) is 11.5. The molecule has 1 rings (SSSR count). The first-order valence-corrected chi connectivity index (χ1v) is 4.64. The highest BCUT2D eigenvalue weighted by Gasteiger charge is 1.93. The molecular weight excluding hydrogens is 220 g/mol. The maximum atomic E-state index is 5.32. The second kappa shape index (κ2) is 6.77. The molecule has 1 heterocycles. The van der Waals surface area contributed by atoms with Crippen molar-refractivity contribution in [3.05, 3.63) is 23.8 Å². The zero-order valence-electron chi connectivity index (χ0n) is 9.22. The normalized spacial score (nSPS) is 13.1. The van der Waals surface area contributed by atoms with E-state index in [9.17, 15) is 0 Å². The third-order valence-corrected chi connectivity index (χ3v) is 1.44. The molecule has 0 radical (unpaired) electrons. The lowest BCUT2D eigenvalue weighted by Crippen LogP contribution is -2.03. The monoisotopic (exact) mass is 232 g/mol. The fourth-order valence-electron chi connectivity index (χ4n) is 0.840. The van der Waals surface area contributed by atoms with Crippen LogP contribution in [0, 0.1) is 0 Å². The molecular formula is C9H12N8. The third kappa shape index (κ3) is 5.11. The van der Waals surface area contributed by atoms with Gasteiger partial charge in [0.2, 0.25) is 0 Å². The third-order valence-electron chi connectivity index (χ3n) is 1.44. The summed E-state index contributed by atoms with van der Waals surface area (Å²) < 4.78 is 0. The molecule has 0 aliphatic carbocycles. The van der Waals surface area contributed by atoms with Crippen molar-refractivity contribution < 1.29 is 0 Å². The number of rotatable bonds is 4. The molecule has 0 amide bonds. The van der Waals surface area contributed by atoms with Crippen LogP contribution < -0.4 is 11.5 Å². The summed E-state index contributed by atoms with van der Waals surface area (Å²) in [6, 6.07) is 1.67. The van der Waals surface area contributed by atoms with E-state index in [1.165, 1.54) is 18.8 Å². The van der Waals surface area contributed by atoms with Gasteiger partial charge in [0.25, 0.3) is 0 Å². The van der Waals surface area contributed by atoms with E-state index < -0.39 is 0 Å². The number of nitrogens with two attached hydrogens (primary N) is 2. The second-order valence-corrected chi connectivity index (χ2v) is 2.86. The average molecular weight is 232 g/mol. The molecule has 0 fully saturated rings. The minimum absolute atomic E-state index is 0.370. The van der Waals surface area contributed by atoms with Crippen LogP contribution in [0.3, 0.4) is 0 Å². The van der Waals surface area contributed by atoms with E-state index in [4.69, 9.17) is 11.5 Å². The van der Waals surface area contributed by atoms with Gasteiger partial charge in [0.15, 0.2) is 0 Å². The first-order valence-electron chi connectivity index (χ1n) is 4.64. The van der Waals surface area contributed by atoms with E-state index in [2.05, 4.69) is 30.4 Å². The number of aromatic nitrogens is 2. The Hall–Kier alpha value is -2.64. The van der Waals surface area contributed by atoms with Crippen molar-refractivity contribution in [3.8, 4) is 0 Å². The molecule has 1 aromatic rings. The molecule has 4 N–H and O–H groups in total. The Morgan fingerprint density at radius 3 is 2.41 bits per heavy atom. The molecule has 0 aromatic carbocycles. The predicted octanol–water partition coefficient (Wildman–Crippen LogP) is -0.491. The smallest absolute Gasteiger partial charge is 0.119 e. The van der Waals surface area contributed by atoms with Crippen molar-refractivity contribution >= 4 is 24.6 Å². The lowest BCUT2D eigenvalue weighted by Gasteiger charge is -1.92. The Morgan fingerprint density at radius 2 is 1.82 bits per heavy atom. The highest BCUT2D eigenvalue weighted by molar-refractivity contribution is 5.83. The molecule has 1 aromatic heterocycles. The molecule has 17 heavy (non-hydrogen) atoms.